The van der Waals surface area contributed by atoms with Crippen molar-refractivity contribution >= 4 is 11.6 Å². The molecule has 1 amide bonds. The van der Waals surface area contributed by atoms with Gasteiger partial charge in [0.15, 0.2) is 5.60 Å². The van der Waals surface area contributed by atoms with Crippen LogP contribution in [-0.4, -0.2) is 56.2 Å². The number of aliphatic hydroxyl groups is 1. The highest BCUT2D eigenvalue weighted by atomic mass is 16.5. The third-order valence-corrected chi connectivity index (χ3v) is 5.31. The van der Waals surface area contributed by atoms with Crippen molar-refractivity contribution in [3.63, 3.8) is 0 Å². The first-order valence-corrected chi connectivity index (χ1v) is 8.60. The van der Waals surface area contributed by atoms with Crippen molar-refractivity contribution in [2.45, 2.75) is 31.1 Å². The van der Waals surface area contributed by atoms with E-state index >= 15 is 0 Å². The van der Waals surface area contributed by atoms with Gasteiger partial charge in [0.1, 0.15) is 17.9 Å². The van der Waals surface area contributed by atoms with Crippen molar-refractivity contribution in [1.82, 2.24) is 0 Å². The van der Waals surface area contributed by atoms with Gasteiger partial charge in [-0.15, -0.1) is 6.58 Å². The number of nitrogens with zero attached hydrogens (tertiary/aromatic N) is 1. The molecule has 1 saturated heterocycles. The molecule has 1 fully saturated rings. The van der Waals surface area contributed by atoms with Crippen LogP contribution in [0, 0.1) is 0 Å². The van der Waals surface area contributed by atoms with Crippen molar-refractivity contribution < 1.29 is 24.1 Å². The Bertz CT molecular complexity index is 726. The monoisotopic (exact) mass is 359 g/mol. The first-order valence-electron chi connectivity index (χ1n) is 8.60. The predicted molar refractivity (Wildman–Crippen MR) is 98.3 cm³/mol. The zero-order chi connectivity index (χ0) is 18.9. The van der Waals surface area contributed by atoms with Crippen molar-refractivity contribution in [2.24, 2.45) is 0 Å². The highest BCUT2D eigenvalue weighted by Crippen LogP contribution is 2.46. The van der Waals surface area contributed by atoms with Crippen molar-refractivity contribution in [3.8, 4) is 5.75 Å². The Morgan fingerprint density at radius 1 is 1.38 bits per heavy atom. The number of amides is 1. The molecule has 0 spiro atoms. The lowest BCUT2D eigenvalue weighted by atomic mass is 9.71. The molecule has 0 aromatic heterocycles. The number of ether oxygens (including phenoxy) is 3. The van der Waals surface area contributed by atoms with Gasteiger partial charge in [0.2, 0.25) is 0 Å². The molecule has 0 radical (unpaired) electrons. The molecule has 3 atom stereocenters. The second kappa shape index (κ2) is 7.23. The highest BCUT2D eigenvalue weighted by Gasteiger charge is 2.66. The smallest absolute Gasteiger partial charge is 0.266 e. The highest BCUT2D eigenvalue weighted by molar-refractivity contribution is 6.11. The Balaban J connectivity index is 2.06. The molecule has 0 unspecified atom stereocenters. The molecule has 140 valence electrons. The number of methoxy groups -OCH3 is 2. The van der Waals surface area contributed by atoms with Crippen LogP contribution in [-0.2, 0) is 14.3 Å². The van der Waals surface area contributed by atoms with Gasteiger partial charge in [-0.3, -0.25) is 9.69 Å². The molecule has 2 heterocycles. The quantitative estimate of drug-likeness (QED) is 0.644. The van der Waals surface area contributed by atoms with E-state index in [-0.39, 0.29) is 12.5 Å². The van der Waals surface area contributed by atoms with E-state index in [1.807, 2.05) is 6.92 Å². The van der Waals surface area contributed by atoms with Crippen molar-refractivity contribution in [2.75, 3.05) is 32.3 Å². The maximum Gasteiger partial charge on any atom is 0.266 e. The molecule has 1 aromatic carbocycles. The number of anilines is 1. The number of rotatable bonds is 5. The van der Waals surface area contributed by atoms with E-state index in [1.54, 1.807) is 42.4 Å². The van der Waals surface area contributed by atoms with Crippen LogP contribution >= 0.6 is 0 Å². The minimum absolute atomic E-state index is 0.129. The average molecular weight is 359 g/mol. The number of fused-ring (bicyclic) bond motifs is 1. The summed E-state index contributed by atoms with van der Waals surface area (Å²) in [5.41, 5.74) is 1.26. The Hall–Kier alpha value is -2.15. The summed E-state index contributed by atoms with van der Waals surface area (Å²) in [5.74, 6) is 0.515. The lowest BCUT2D eigenvalue weighted by molar-refractivity contribution is -0.163. The molecule has 26 heavy (non-hydrogen) atoms. The van der Waals surface area contributed by atoms with Crippen LogP contribution in [0.2, 0.25) is 0 Å². The Labute approximate surface area is 153 Å². The van der Waals surface area contributed by atoms with Gasteiger partial charge in [0.25, 0.3) is 5.91 Å². The normalized spacial score (nSPS) is 31.5. The molecule has 1 aromatic rings. The number of carbonyl (C=O) groups is 1. The van der Waals surface area contributed by atoms with E-state index < -0.39 is 17.7 Å². The second-order valence-electron chi connectivity index (χ2n) is 6.56. The summed E-state index contributed by atoms with van der Waals surface area (Å²) in [5, 5.41) is 10.7. The number of aliphatic hydroxyl groups excluding tert-OH is 1. The summed E-state index contributed by atoms with van der Waals surface area (Å²) in [7, 11) is 3.10. The summed E-state index contributed by atoms with van der Waals surface area (Å²) in [6.45, 7) is 6.13. The molecule has 0 bridgehead atoms. The fourth-order valence-corrected chi connectivity index (χ4v) is 3.91. The average Bonchev–Trinajstić information content (AvgIpc) is 2.65. The van der Waals surface area contributed by atoms with E-state index in [1.165, 1.54) is 7.11 Å². The summed E-state index contributed by atoms with van der Waals surface area (Å²) in [6.07, 6.45) is 1.52. The summed E-state index contributed by atoms with van der Waals surface area (Å²) in [4.78, 5) is 14.8. The Morgan fingerprint density at radius 2 is 2.08 bits per heavy atom. The molecule has 2 aliphatic rings. The van der Waals surface area contributed by atoms with E-state index in [0.717, 1.165) is 11.1 Å². The molecule has 3 rings (SSSR count). The fraction of sp³-hybridized carbons (Fsp3) is 0.450. The van der Waals surface area contributed by atoms with Gasteiger partial charge in [-0.2, -0.15) is 0 Å². The lowest BCUT2D eigenvalue weighted by Gasteiger charge is -2.57. The Morgan fingerprint density at radius 3 is 2.65 bits per heavy atom. The number of allylic oxidation sites excluding steroid dienone is 1. The maximum atomic E-state index is 13.2. The fourth-order valence-electron chi connectivity index (χ4n) is 3.91. The van der Waals surface area contributed by atoms with Gasteiger partial charge in [0, 0.05) is 12.8 Å². The van der Waals surface area contributed by atoms with Gasteiger partial charge < -0.3 is 19.3 Å². The Kier molecular flexibility index (Phi) is 5.18. The topological polar surface area (TPSA) is 68.2 Å². The van der Waals surface area contributed by atoms with Crippen molar-refractivity contribution in [3.05, 3.63) is 48.1 Å². The van der Waals surface area contributed by atoms with Gasteiger partial charge in [-0.1, -0.05) is 6.08 Å². The maximum absolute atomic E-state index is 13.2. The van der Waals surface area contributed by atoms with Gasteiger partial charge in [-0.05, 0) is 48.8 Å². The van der Waals surface area contributed by atoms with Crippen LogP contribution in [0.1, 0.15) is 13.3 Å². The largest absolute Gasteiger partial charge is 0.497 e. The van der Waals surface area contributed by atoms with Gasteiger partial charge in [0.05, 0.1) is 20.3 Å². The zero-order valence-electron chi connectivity index (χ0n) is 15.4. The molecule has 0 aliphatic carbocycles. The van der Waals surface area contributed by atoms with Crippen LogP contribution in [0.4, 0.5) is 5.69 Å². The molecule has 0 saturated carbocycles. The summed E-state index contributed by atoms with van der Waals surface area (Å²) >= 11 is 0. The van der Waals surface area contributed by atoms with E-state index in [2.05, 4.69) is 6.58 Å². The number of hydrogen-bond donors (Lipinski definition) is 1. The molecule has 2 aliphatic heterocycles. The number of carbonyl (C=O) groups excluding carboxylic acids is 1. The molecule has 6 nitrogen and oxygen atoms in total. The van der Waals surface area contributed by atoms with E-state index in [9.17, 15) is 9.90 Å². The molecule has 1 N–H and O–H groups in total. The second-order valence-corrected chi connectivity index (χ2v) is 6.56. The first-order chi connectivity index (χ1) is 12.5. The summed E-state index contributed by atoms with van der Waals surface area (Å²) < 4.78 is 16.6. The first kappa shape index (κ1) is 18.6. The summed E-state index contributed by atoms with van der Waals surface area (Å²) in [6, 6.07) is 6.60. The van der Waals surface area contributed by atoms with Crippen LogP contribution in [0.5, 0.6) is 5.75 Å². The molecular weight excluding hydrogens is 334 g/mol. The third kappa shape index (κ3) is 2.65. The van der Waals surface area contributed by atoms with Crippen LogP contribution in [0.25, 0.3) is 0 Å². The van der Waals surface area contributed by atoms with Gasteiger partial charge in [-0.25, -0.2) is 0 Å². The number of hydrogen-bond acceptors (Lipinski definition) is 5. The van der Waals surface area contributed by atoms with Crippen molar-refractivity contribution in [1.29, 1.82) is 0 Å². The minimum Gasteiger partial charge on any atom is -0.497 e. The minimum atomic E-state index is -1.18. The lowest BCUT2D eigenvalue weighted by Crippen LogP contribution is -2.80. The number of benzene rings is 1. The van der Waals surface area contributed by atoms with E-state index in [4.69, 9.17) is 14.2 Å². The van der Waals surface area contributed by atoms with E-state index in [0.29, 0.717) is 24.5 Å². The third-order valence-electron chi connectivity index (χ3n) is 5.31. The zero-order valence-corrected chi connectivity index (χ0v) is 15.4. The predicted octanol–water partition coefficient (Wildman–Crippen LogP) is 2.08. The molecule has 6 heteroatoms. The molecular formula is C20H25NO5. The standard InChI is InChI=1S/C20H25NO5/c1-5-6-14-11-26-12-17(22)18-20(25-4,13(14)2)19(23)21(18)15-7-9-16(24-3)10-8-15/h5,7-10,17-18,22H,1,6,11-12H2,2-4H3/b14-13-/t17-,18+,20-/m1/s1. The van der Waals surface area contributed by atoms with Crippen LogP contribution in [0.3, 0.4) is 0 Å². The van der Waals surface area contributed by atoms with Crippen LogP contribution in [0.15, 0.2) is 48.1 Å². The number of β-lactam (4-membered cyclic amide) rings is 1. The van der Waals surface area contributed by atoms with Gasteiger partial charge >= 0.3 is 0 Å². The van der Waals surface area contributed by atoms with Crippen LogP contribution < -0.4 is 9.64 Å². The SMILES string of the molecule is C=CC/C1=C(\C)[C@]2(OC)C(=O)N(c3ccc(OC)cc3)[C@H]2[C@H](O)COC1.